The number of carbonyl (C=O) groups is 1. The molecule has 1 fully saturated rings. The van der Waals surface area contributed by atoms with Crippen molar-refractivity contribution < 1.29 is 9.90 Å². The number of carbonyl (C=O) groups excluding carboxylic acids is 1. The quantitative estimate of drug-likeness (QED) is 0.751. The molecular weight excluding hydrogens is 212 g/mol. The van der Waals surface area contributed by atoms with E-state index in [1.165, 1.54) is 25.7 Å². The standard InChI is InChI=1S/C15H18O2/c1-10(16)11-4-5-13(17)14-12(11)6-9-15(14)7-2-3-8-15/h4-5,17H,2-3,6-9H2,1H3. The van der Waals surface area contributed by atoms with Crippen molar-refractivity contribution in [3.8, 4) is 5.75 Å². The maximum Gasteiger partial charge on any atom is 0.160 e. The van der Waals surface area contributed by atoms with Crippen molar-refractivity contribution in [2.24, 2.45) is 0 Å². The summed E-state index contributed by atoms with van der Waals surface area (Å²) >= 11 is 0. The van der Waals surface area contributed by atoms with E-state index in [9.17, 15) is 9.90 Å². The fraction of sp³-hybridized carbons (Fsp3) is 0.533. The topological polar surface area (TPSA) is 37.3 Å². The Kier molecular flexibility index (Phi) is 2.29. The van der Waals surface area contributed by atoms with Crippen LogP contribution in [0.4, 0.5) is 0 Å². The van der Waals surface area contributed by atoms with Gasteiger partial charge in [0.2, 0.25) is 0 Å². The molecule has 1 N–H and O–H groups in total. The zero-order chi connectivity index (χ0) is 12.0. The van der Waals surface area contributed by atoms with Crippen LogP contribution in [-0.4, -0.2) is 10.9 Å². The molecule has 90 valence electrons. The average Bonchev–Trinajstić information content (AvgIpc) is 2.89. The van der Waals surface area contributed by atoms with E-state index in [1.54, 1.807) is 19.1 Å². The highest BCUT2D eigenvalue weighted by Crippen LogP contribution is 2.53. The number of rotatable bonds is 1. The van der Waals surface area contributed by atoms with Crippen LogP contribution < -0.4 is 0 Å². The second kappa shape index (κ2) is 3.59. The number of hydrogen-bond acceptors (Lipinski definition) is 2. The number of phenolic OH excluding ortho intramolecular Hbond substituents is 1. The predicted molar refractivity (Wildman–Crippen MR) is 66.6 cm³/mol. The zero-order valence-electron chi connectivity index (χ0n) is 10.3. The lowest BCUT2D eigenvalue weighted by Crippen LogP contribution is -2.18. The second-order valence-electron chi connectivity index (χ2n) is 5.53. The Morgan fingerprint density at radius 3 is 2.59 bits per heavy atom. The van der Waals surface area contributed by atoms with Gasteiger partial charge in [-0.25, -0.2) is 0 Å². The number of Topliss-reactive ketones (excluding diaryl/α,β-unsaturated/α-hetero) is 1. The summed E-state index contributed by atoms with van der Waals surface area (Å²) in [6, 6.07) is 3.49. The van der Waals surface area contributed by atoms with Crippen molar-refractivity contribution in [3.05, 3.63) is 28.8 Å². The van der Waals surface area contributed by atoms with E-state index in [1.807, 2.05) is 0 Å². The van der Waals surface area contributed by atoms with Gasteiger partial charge in [0.05, 0.1) is 0 Å². The van der Waals surface area contributed by atoms with Crippen molar-refractivity contribution >= 4 is 5.78 Å². The maximum absolute atomic E-state index is 11.6. The van der Waals surface area contributed by atoms with E-state index < -0.39 is 0 Å². The number of hydrogen-bond donors (Lipinski definition) is 1. The summed E-state index contributed by atoms with van der Waals surface area (Å²) in [7, 11) is 0. The summed E-state index contributed by atoms with van der Waals surface area (Å²) in [6.07, 6.45) is 6.93. The largest absolute Gasteiger partial charge is 0.508 e. The first-order valence-electron chi connectivity index (χ1n) is 6.50. The first kappa shape index (κ1) is 10.8. The zero-order valence-corrected chi connectivity index (χ0v) is 10.3. The first-order valence-corrected chi connectivity index (χ1v) is 6.50. The number of benzene rings is 1. The molecule has 2 nitrogen and oxygen atoms in total. The van der Waals surface area contributed by atoms with Gasteiger partial charge >= 0.3 is 0 Å². The fourth-order valence-corrected chi connectivity index (χ4v) is 3.86. The highest BCUT2D eigenvalue weighted by atomic mass is 16.3. The summed E-state index contributed by atoms with van der Waals surface area (Å²) in [5, 5.41) is 10.2. The van der Waals surface area contributed by atoms with Crippen LogP contribution in [-0.2, 0) is 11.8 Å². The van der Waals surface area contributed by atoms with Gasteiger partial charge in [-0.3, -0.25) is 4.79 Å². The third-order valence-corrected chi connectivity index (χ3v) is 4.61. The SMILES string of the molecule is CC(=O)c1ccc(O)c2c1CCC21CCCC1. The molecule has 3 rings (SSSR count). The van der Waals surface area contributed by atoms with Crippen molar-refractivity contribution in [1.82, 2.24) is 0 Å². The summed E-state index contributed by atoms with van der Waals surface area (Å²) < 4.78 is 0. The Labute approximate surface area is 102 Å². The highest BCUT2D eigenvalue weighted by molar-refractivity contribution is 5.96. The molecule has 0 amide bonds. The van der Waals surface area contributed by atoms with Crippen molar-refractivity contribution in [3.63, 3.8) is 0 Å². The number of aromatic hydroxyl groups is 1. The van der Waals surface area contributed by atoms with Crippen LogP contribution >= 0.6 is 0 Å². The summed E-state index contributed by atoms with van der Waals surface area (Å²) in [5.74, 6) is 0.528. The maximum atomic E-state index is 11.6. The molecule has 0 aromatic heterocycles. The average molecular weight is 230 g/mol. The van der Waals surface area contributed by atoms with E-state index in [-0.39, 0.29) is 11.2 Å². The Hall–Kier alpha value is -1.31. The van der Waals surface area contributed by atoms with Gasteiger partial charge in [0.1, 0.15) is 5.75 Å². The second-order valence-corrected chi connectivity index (χ2v) is 5.53. The predicted octanol–water partition coefficient (Wildman–Crippen LogP) is 3.35. The van der Waals surface area contributed by atoms with Crippen LogP contribution in [0.25, 0.3) is 0 Å². The minimum atomic E-state index is 0.122. The van der Waals surface area contributed by atoms with Gasteiger partial charge in [0.25, 0.3) is 0 Å². The lowest BCUT2D eigenvalue weighted by molar-refractivity contribution is 0.101. The smallest absolute Gasteiger partial charge is 0.160 e. The lowest BCUT2D eigenvalue weighted by atomic mass is 9.79. The molecule has 1 aromatic rings. The Morgan fingerprint density at radius 2 is 1.94 bits per heavy atom. The van der Waals surface area contributed by atoms with Gasteiger partial charge in [-0.2, -0.15) is 0 Å². The molecule has 2 heteroatoms. The van der Waals surface area contributed by atoms with Gasteiger partial charge in [-0.05, 0) is 55.7 Å². The van der Waals surface area contributed by atoms with Crippen LogP contribution in [0.3, 0.4) is 0 Å². The molecule has 1 aromatic carbocycles. The van der Waals surface area contributed by atoms with Crippen molar-refractivity contribution in [2.75, 3.05) is 0 Å². The van der Waals surface area contributed by atoms with Gasteiger partial charge < -0.3 is 5.11 Å². The molecule has 0 unspecified atom stereocenters. The Bertz CT molecular complexity index is 482. The fourth-order valence-electron chi connectivity index (χ4n) is 3.86. The van der Waals surface area contributed by atoms with Gasteiger partial charge in [0.15, 0.2) is 5.78 Å². The normalized spacial score (nSPS) is 20.8. The minimum Gasteiger partial charge on any atom is -0.508 e. The minimum absolute atomic E-state index is 0.122. The molecule has 0 saturated heterocycles. The number of ketones is 1. The number of fused-ring (bicyclic) bond motifs is 2. The molecule has 17 heavy (non-hydrogen) atoms. The molecule has 0 aliphatic heterocycles. The molecular formula is C15H18O2. The molecule has 1 spiro atoms. The van der Waals surface area contributed by atoms with Gasteiger partial charge in [0, 0.05) is 11.1 Å². The molecule has 2 aliphatic carbocycles. The van der Waals surface area contributed by atoms with E-state index in [0.29, 0.717) is 5.75 Å². The molecule has 1 saturated carbocycles. The molecule has 0 atom stereocenters. The van der Waals surface area contributed by atoms with Gasteiger partial charge in [-0.15, -0.1) is 0 Å². The lowest BCUT2D eigenvalue weighted by Gasteiger charge is -2.25. The monoisotopic (exact) mass is 230 g/mol. The van der Waals surface area contributed by atoms with Crippen molar-refractivity contribution in [2.45, 2.75) is 50.9 Å². The van der Waals surface area contributed by atoms with Gasteiger partial charge in [-0.1, -0.05) is 12.8 Å². The van der Waals surface area contributed by atoms with Crippen molar-refractivity contribution in [1.29, 1.82) is 0 Å². The Morgan fingerprint density at radius 1 is 1.24 bits per heavy atom. The molecule has 0 radical (unpaired) electrons. The van der Waals surface area contributed by atoms with Crippen LogP contribution in [0, 0.1) is 0 Å². The molecule has 0 heterocycles. The third-order valence-electron chi connectivity index (χ3n) is 4.61. The van der Waals surface area contributed by atoms with Crippen LogP contribution in [0.1, 0.15) is 60.5 Å². The van der Waals surface area contributed by atoms with E-state index in [2.05, 4.69) is 0 Å². The van der Waals surface area contributed by atoms with Crippen LogP contribution in [0.2, 0.25) is 0 Å². The number of phenols is 1. The summed E-state index contributed by atoms with van der Waals surface area (Å²) in [5.41, 5.74) is 3.23. The van der Waals surface area contributed by atoms with Crippen LogP contribution in [0.5, 0.6) is 5.75 Å². The highest BCUT2D eigenvalue weighted by Gasteiger charge is 2.43. The summed E-state index contributed by atoms with van der Waals surface area (Å²) in [6.45, 7) is 1.62. The van der Waals surface area contributed by atoms with E-state index in [0.717, 1.165) is 29.5 Å². The van der Waals surface area contributed by atoms with E-state index in [4.69, 9.17) is 0 Å². The van der Waals surface area contributed by atoms with Crippen LogP contribution in [0.15, 0.2) is 12.1 Å². The summed E-state index contributed by atoms with van der Waals surface area (Å²) in [4.78, 5) is 11.6. The molecule has 0 bridgehead atoms. The Balaban J connectivity index is 2.20. The molecule has 2 aliphatic rings. The third kappa shape index (κ3) is 1.43. The first-order chi connectivity index (χ1) is 8.14. The van der Waals surface area contributed by atoms with E-state index >= 15 is 0 Å².